The number of nitrogens with zero attached hydrogens (tertiary/aromatic N) is 3. The van der Waals surface area contributed by atoms with Crippen molar-refractivity contribution in [1.29, 1.82) is 0 Å². The number of hydrogen-bond donors (Lipinski definition) is 1. The van der Waals surface area contributed by atoms with Crippen molar-refractivity contribution in [3.63, 3.8) is 0 Å². The zero-order valence-corrected chi connectivity index (χ0v) is 12.3. The first-order chi connectivity index (χ1) is 10.6. The number of aliphatic carboxylic acids is 1. The minimum atomic E-state index is -0.981. The monoisotopic (exact) mass is 299 g/mol. The second-order valence-corrected chi connectivity index (χ2v) is 5.51. The molecule has 1 aliphatic carbocycles. The molecule has 1 fully saturated rings. The molecule has 22 heavy (non-hydrogen) atoms. The van der Waals surface area contributed by atoms with Gasteiger partial charge in [-0.15, -0.1) is 0 Å². The number of aromatic nitrogens is 2. The molecule has 0 radical (unpaired) electrons. The molecular formula is C16H17N3O3. The van der Waals surface area contributed by atoms with Gasteiger partial charge in [0.2, 0.25) is 0 Å². The summed E-state index contributed by atoms with van der Waals surface area (Å²) in [5, 5.41) is 13.2. The van der Waals surface area contributed by atoms with Crippen molar-refractivity contribution in [2.75, 3.05) is 6.54 Å². The van der Waals surface area contributed by atoms with Crippen molar-refractivity contribution < 1.29 is 14.7 Å². The van der Waals surface area contributed by atoms with Crippen molar-refractivity contribution in [3.05, 3.63) is 47.8 Å². The molecule has 0 saturated heterocycles. The fourth-order valence-corrected chi connectivity index (χ4v) is 2.52. The smallest absolute Gasteiger partial charge is 0.323 e. The standard InChI is InChI=1S/C16H17N3O3/c1-11-9-12(3-6-14(11)19-8-2-7-17-19)16(22)18(10-15(20)21)13-4-5-13/h2-3,6-9,13H,4-5,10H2,1H3,(H,20,21). The lowest BCUT2D eigenvalue weighted by Crippen LogP contribution is -2.37. The van der Waals surface area contributed by atoms with Gasteiger partial charge >= 0.3 is 5.97 Å². The van der Waals surface area contributed by atoms with Gasteiger partial charge < -0.3 is 10.0 Å². The van der Waals surface area contributed by atoms with Crippen molar-refractivity contribution >= 4 is 11.9 Å². The second kappa shape index (κ2) is 5.63. The highest BCUT2D eigenvalue weighted by Crippen LogP contribution is 2.28. The van der Waals surface area contributed by atoms with Crippen LogP contribution in [0.5, 0.6) is 0 Å². The van der Waals surface area contributed by atoms with Gasteiger partial charge in [-0.3, -0.25) is 9.59 Å². The molecule has 1 saturated carbocycles. The molecule has 0 bridgehead atoms. The molecule has 2 aromatic rings. The SMILES string of the molecule is Cc1cc(C(=O)N(CC(=O)O)C2CC2)ccc1-n1cccn1. The Hall–Kier alpha value is -2.63. The number of aryl methyl sites for hydroxylation is 1. The third kappa shape index (κ3) is 2.86. The van der Waals surface area contributed by atoms with Crippen molar-refractivity contribution in [3.8, 4) is 5.69 Å². The van der Waals surface area contributed by atoms with Crippen LogP contribution in [0, 0.1) is 6.92 Å². The van der Waals surface area contributed by atoms with Crippen LogP contribution in [0.2, 0.25) is 0 Å². The molecule has 114 valence electrons. The van der Waals surface area contributed by atoms with Gasteiger partial charge in [-0.1, -0.05) is 0 Å². The molecule has 1 N–H and O–H groups in total. The largest absolute Gasteiger partial charge is 0.480 e. The summed E-state index contributed by atoms with van der Waals surface area (Å²) in [7, 11) is 0. The Morgan fingerprint density at radius 3 is 2.73 bits per heavy atom. The van der Waals surface area contributed by atoms with Crippen LogP contribution in [-0.2, 0) is 4.79 Å². The predicted octanol–water partition coefficient (Wildman–Crippen LogP) is 1.87. The van der Waals surface area contributed by atoms with Crippen LogP contribution >= 0.6 is 0 Å². The van der Waals surface area contributed by atoms with E-state index < -0.39 is 5.97 Å². The zero-order chi connectivity index (χ0) is 15.7. The van der Waals surface area contributed by atoms with E-state index in [-0.39, 0.29) is 18.5 Å². The lowest BCUT2D eigenvalue weighted by atomic mass is 10.1. The third-order valence-electron chi connectivity index (χ3n) is 3.75. The van der Waals surface area contributed by atoms with Crippen molar-refractivity contribution in [2.24, 2.45) is 0 Å². The van der Waals surface area contributed by atoms with E-state index in [1.165, 1.54) is 4.90 Å². The average Bonchev–Trinajstić information content (AvgIpc) is 3.18. The molecule has 6 heteroatoms. The quantitative estimate of drug-likeness (QED) is 0.914. The number of amides is 1. The predicted molar refractivity (Wildman–Crippen MR) is 80.0 cm³/mol. The zero-order valence-electron chi connectivity index (χ0n) is 12.3. The number of carboxylic acids is 1. The first kappa shape index (κ1) is 14.3. The molecule has 1 heterocycles. The molecule has 1 aromatic carbocycles. The molecule has 0 aliphatic heterocycles. The molecule has 1 amide bonds. The number of hydrogen-bond acceptors (Lipinski definition) is 3. The first-order valence-corrected chi connectivity index (χ1v) is 7.19. The van der Waals surface area contributed by atoms with Gasteiger partial charge in [0.1, 0.15) is 6.54 Å². The van der Waals surface area contributed by atoms with Gasteiger partial charge in [0.15, 0.2) is 0 Å². The average molecular weight is 299 g/mol. The lowest BCUT2D eigenvalue weighted by molar-refractivity contribution is -0.137. The lowest BCUT2D eigenvalue weighted by Gasteiger charge is -2.20. The highest BCUT2D eigenvalue weighted by atomic mass is 16.4. The number of rotatable bonds is 5. The Balaban J connectivity index is 1.86. The molecule has 0 atom stereocenters. The molecule has 3 rings (SSSR count). The summed E-state index contributed by atoms with van der Waals surface area (Å²) < 4.78 is 1.74. The number of carbonyl (C=O) groups is 2. The van der Waals surface area contributed by atoms with Gasteiger partial charge in [-0.05, 0) is 49.6 Å². The molecule has 1 aromatic heterocycles. The maximum absolute atomic E-state index is 12.6. The Bertz CT molecular complexity index is 705. The van der Waals surface area contributed by atoms with E-state index in [4.69, 9.17) is 5.11 Å². The summed E-state index contributed by atoms with van der Waals surface area (Å²) in [6.07, 6.45) is 5.29. The Kier molecular flexibility index (Phi) is 3.66. The number of carboxylic acid groups (broad SMARTS) is 1. The number of carbonyl (C=O) groups excluding carboxylic acids is 1. The van der Waals surface area contributed by atoms with E-state index in [0.717, 1.165) is 24.1 Å². The van der Waals surface area contributed by atoms with Gasteiger partial charge in [-0.25, -0.2) is 4.68 Å². The Morgan fingerprint density at radius 1 is 1.41 bits per heavy atom. The van der Waals surface area contributed by atoms with Crippen LogP contribution in [-0.4, -0.2) is 44.3 Å². The maximum atomic E-state index is 12.6. The van der Waals surface area contributed by atoms with E-state index in [1.54, 1.807) is 23.0 Å². The Labute approximate surface area is 128 Å². The van der Waals surface area contributed by atoms with Gasteiger partial charge in [-0.2, -0.15) is 5.10 Å². The molecule has 0 unspecified atom stereocenters. The molecule has 1 aliphatic rings. The van der Waals surface area contributed by atoms with Gasteiger partial charge in [0.25, 0.3) is 5.91 Å². The van der Waals surface area contributed by atoms with Crippen LogP contribution < -0.4 is 0 Å². The maximum Gasteiger partial charge on any atom is 0.323 e. The van der Waals surface area contributed by atoms with Crippen molar-refractivity contribution in [2.45, 2.75) is 25.8 Å². The molecule has 6 nitrogen and oxygen atoms in total. The van der Waals surface area contributed by atoms with Crippen LogP contribution in [0.3, 0.4) is 0 Å². The fraction of sp³-hybridized carbons (Fsp3) is 0.312. The third-order valence-corrected chi connectivity index (χ3v) is 3.75. The summed E-state index contributed by atoms with van der Waals surface area (Å²) in [5.74, 6) is -1.20. The van der Waals surface area contributed by atoms with E-state index in [0.29, 0.717) is 5.56 Å². The Morgan fingerprint density at radius 2 is 2.18 bits per heavy atom. The minimum Gasteiger partial charge on any atom is -0.480 e. The van der Waals surface area contributed by atoms with Crippen LogP contribution in [0.4, 0.5) is 0 Å². The van der Waals surface area contributed by atoms with Gasteiger partial charge in [0, 0.05) is 24.0 Å². The first-order valence-electron chi connectivity index (χ1n) is 7.19. The normalized spacial score (nSPS) is 13.9. The summed E-state index contributed by atoms with van der Waals surface area (Å²) in [6, 6.07) is 7.25. The number of benzene rings is 1. The minimum absolute atomic E-state index is 0.0645. The van der Waals surface area contributed by atoms with Crippen LogP contribution in [0.1, 0.15) is 28.8 Å². The van der Waals surface area contributed by atoms with Crippen LogP contribution in [0.15, 0.2) is 36.7 Å². The van der Waals surface area contributed by atoms with E-state index in [9.17, 15) is 9.59 Å². The van der Waals surface area contributed by atoms with Crippen LogP contribution in [0.25, 0.3) is 5.69 Å². The van der Waals surface area contributed by atoms with E-state index >= 15 is 0 Å². The topological polar surface area (TPSA) is 75.4 Å². The van der Waals surface area contributed by atoms with E-state index in [2.05, 4.69) is 5.10 Å². The highest BCUT2D eigenvalue weighted by molar-refractivity contribution is 5.96. The van der Waals surface area contributed by atoms with E-state index in [1.807, 2.05) is 25.3 Å². The summed E-state index contributed by atoms with van der Waals surface area (Å²) in [5.41, 5.74) is 2.33. The van der Waals surface area contributed by atoms with Gasteiger partial charge in [0.05, 0.1) is 5.69 Å². The summed E-state index contributed by atoms with van der Waals surface area (Å²) in [4.78, 5) is 24.9. The molecular weight excluding hydrogens is 282 g/mol. The summed E-state index contributed by atoms with van der Waals surface area (Å²) in [6.45, 7) is 1.66. The summed E-state index contributed by atoms with van der Waals surface area (Å²) >= 11 is 0. The molecule has 0 spiro atoms. The highest BCUT2D eigenvalue weighted by Gasteiger charge is 2.34. The van der Waals surface area contributed by atoms with Crippen molar-refractivity contribution in [1.82, 2.24) is 14.7 Å². The second-order valence-electron chi connectivity index (χ2n) is 5.51. The fourth-order valence-electron chi connectivity index (χ4n) is 2.52.